The number of aromatic nitrogens is 1. The molecule has 0 bridgehead atoms. The van der Waals surface area contributed by atoms with Crippen LogP contribution in [0.5, 0.6) is 11.5 Å². The summed E-state index contributed by atoms with van der Waals surface area (Å²) in [5.74, 6) is -0.0599. The molecule has 1 amide bonds. The van der Waals surface area contributed by atoms with Crippen LogP contribution in [0, 0.1) is 10.1 Å². The molecular formula is C17H19N3O5. The first-order valence-electron chi connectivity index (χ1n) is 7.74. The Labute approximate surface area is 144 Å². The van der Waals surface area contributed by atoms with Crippen molar-refractivity contribution in [1.82, 2.24) is 10.3 Å². The molecule has 0 saturated heterocycles. The van der Waals surface area contributed by atoms with Gasteiger partial charge in [-0.25, -0.2) is 0 Å². The van der Waals surface area contributed by atoms with Crippen LogP contribution in [-0.4, -0.2) is 36.1 Å². The van der Waals surface area contributed by atoms with Crippen LogP contribution in [0.25, 0.3) is 0 Å². The number of carbonyl (C=O) groups is 1. The number of rotatable bonds is 8. The molecule has 8 nitrogen and oxygen atoms in total. The molecule has 0 spiro atoms. The summed E-state index contributed by atoms with van der Waals surface area (Å²) >= 11 is 0. The first kappa shape index (κ1) is 18.2. The molecule has 1 N–H and O–H groups in total. The molecule has 0 fully saturated rings. The standard InChI is InChI=1S/C17H19N3O5/c1-3-25-16-10-13(14(20(22)23)11-15(16)24-2)17(21)19-9-7-12-6-4-5-8-18-12/h4-6,8,10-11H,3,7,9H2,1-2H3,(H,19,21). The molecule has 1 aromatic carbocycles. The number of benzene rings is 1. The first-order chi connectivity index (χ1) is 12.1. The van der Waals surface area contributed by atoms with E-state index in [4.69, 9.17) is 9.47 Å². The third-order valence-corrected chi connectivity index (χ3v) is 3.42. The molecule has 2 aromatic rings. The quantitative estimate of drug-likeness (QED) is 0.582. The minimum Gasteiger partial charge on any atom is -0.493 e. The topological polar surface area (TPSA) is 104 Å². The van der Waals surface area contributed by atoms with Crippen molar-refractivity contribution >= 4 is 11.6 Å². The normalized spacial score (nSPS) is 10.2. The Morgan fingerprint density at radius 1 is 1.32 bits per heavy atom. The van der Waals surface area contributed by atoms with Gasteiger partial charge in [-0.1, -0.05) is 6.07 Å². The Balaban J connectivity index is 2.18. The number of hydrogen-bond donors (Lipinski definition) is 1. The van der Waals surface area contributed by atoms with Crippen molar-refractivity contribution in [2.75, 3.05) is 20.3 Å². The Kier molecular flexibility index (Phi) is 6.27. The number of amides is 1. The second-order valence-electron chi connectivity index (χ2n) is 5.04. The van der Waals surface area contributed by atoms with Crippen molar-refractivity contribution in [2.24, 2.45) is 0 Å². The number of nitro groups is 1. The van der Waals surface area contributed by atoms with Crippen molar-refractivity contribution in [3.05, 3.63) is 57.9 Å². The maximum Gasteiger partial charge on any atom is 0.286 e. The van der Waals surface area contributed by atoms with Crippen molar-refractivity contribution in [1.29, 1.82) is 0 Å². The summed E-state index contributed by atoms with van der Waals surface area (Å²) in [6.07, 6.45) is 2.19. The highest BCUT2D eigenvalue weighted by molar-refractivity contribution is 5.99. The number of pyridine rings is 1. The summed E-state index contributed by atoms with van der Waals surface area (Å²) in [6.45, 7) is 2.42. The minimum atomic E-state index is -0.619. The maximum absolute atomic E-state index is 12.4. The summed E-state index contributed by atoms with van der Waals surface area (Å²) < 4.78 is 10.5. The molecule has 132 valence electrons. The molecule has 2 rings (SSSR count). The van der Waals surface area contributed by atoms with Crippen LogP contribution in [0.3, 0.4) is 0 Å². The monoisotopic (exact) mass is 345 g/mol. The average molecular weight is 345 g/mol. The van der Waals surface area contributed by atoms with Gasteiger partial charge in [0.05, 0.1) is 24.7 Å². The van der Waals surface area contributed by atoms with Gasteiger partial charge in [-0.2, -0.15) is 0 Å². The van der Waals surface area contributed by atoms with Crippen molar-refractivity contribution < 1.29 is 19.2 Å². The maximum atomic E-state index is 12.4. The van der Waals surface area contributed by atoms with Crippen LogP contribution >= 0.6 is 0 Å². The summed E-state index contributed by atoms with van der Waals surface area (Å²) in [4.78, 5) is 27.2. The van der Waals surface area contributed by atoms with E-state index in [9.17, 15) is 14.9 Å². The third-order valence-electron chi connectivity index (χ3n) is 3.42. The third kappa shape index (κ3) is 4.66. The van der Waals surface area contributed by atoms with Crippen LogP contribution in [-0.2, 0) is 6.42 Å². The van der Waals surface area contributed by atoms with E-state index in [0.29, 0.717) is 19.6 Å². The molecule has 0 aliphatic carbocycles. The lowest BCUT2D eigenvalue weighted by Crippen LogP contribution is -2.26. The first-order valence-corrected chi connectivity index (χ1v) is 7.74. The molecule has 1 heterocycles. The van der Waals surface area contributed by atoms with Crippen LogP contribution < -0.4 is 14.8 Å². The van der Waals surface area contributed by atoms with E-state index in [0.717, 1.165) is 5.69 Å². The summed E-state index contributed by atoms with van der Waals surface area (Å²) in [5, 5.41) is 13.9. The number of methoxy groups -OCH3 is 1. The van der Waals surface area contributed by atoms with Crippen molar-refractivity contribution in [3.63, 3.8) is 0 Å². The van der Waals surface area contributed by atoms with Crippen LogP contribution in [0.4, 0.5) is 5.69 Å². The van der Waals surface area contributed by atoms with Gasteiger partial charge in [0.1, 0.15) is 5.56 Å². The predicted molar refractivity (Wildman–Crippen MR) is 91.1 cm³/mol. The van der Waals surface area contributed by atoms with E-state index in [1.54, 1.807) is 19.2 Å². The number of nitrogens with zero attached hydrogens (tertiary/aromatic N) is 2. The van der Waals surface area contributed by atoms with Gasteiger partial charge in [-0.05, 0) is 19.1 Å². The molecule has 0 atom stereocenters. The smallest absolute Gasteiger partial charge is 0.286 e. The SMILES string of the molecule is CCOc1cc(C(=O)NCCc2ccccn2)c([N+](=O)[O-])cc1OC. The Hall–Kier alpha value is -3.16. The molecule has 8 heteroatoms. The lowest BCUT2D eigenvalue weighted by Gasteiger charge is -2.12. The minimum absolute atomic E-state index is 0.0738. The molecule has 0 radical (unpaired) electrons. The number of ether oxygens (including phenoxy) is 2. The van der Waals surface area contributed by atoms with E-state index in [2.05, 4.69) is 10.3 Å². The summed E-state index contributed by atoms with van der Waals surface area (Å²) in [5.41, 5.74) is 0.410. The molecule has 0 aliphatic heterocycles. The molecule has 0 unspecified atom stereocenters. The number of hydrogen-bond acceptors (Lipinski definition) is 6. The summed E-state index contributed by atoms with van der Waals surface area (Å²) in [7, 11) is 1.38. The molecular weight excluding hydrogens is 326 g/mol. The molecule has 1 aromatic heterocycles. The highest BCUT2D eigenvalue weighted by Crippen LogP contribution is 2.34. The number of carbonyl (C=O) groups excluding carboxylic acids is 1. The Bertz CT molecular complexity index is 749. The van der Waals surface area contributed by atoms with Gasteiger partial charge in [0, 0.05) is 30.9 Å². The van der Waals surface area contributed by atoms with Crippen molar-refractivity contribution in [2.45, 2.75) is 13.3 Å². The van der Waals surface area contributed by atoms with Gasteiger partial charge in [0.2, 0.25) is 0 Å². The summed E-state index contributed by atoms with van der Waals surface area (Å²) in [6, 6.07) is 8.02. The van der Waals surface area contributed by atoms with Gasteiger partial charge in [-0.3, -0.25) is 19.9 Å². The van der Waals surface area contributed by atoms with E-state index in [1.807, 2.05) is 12.1 Å². The Morgan fingerprint density at radius 3 is 2.72 bits per heavy atom. The molecule has 0 saturated carbocycles. The van der Waals surface area contributed by atoms with Gasteiger partial charge >= 0.3 is 0 Å². The van der Waals surface area contributed by atoms with E-state index in [1.165, 1.54) is 19.2 Å². The fourth-order valence-electron chi connectivity index (χ4n) is 2.26. The van der Waals surface area contributed by atoms with Gasteiger partial charge in [0.15, 0.2) is 11.5 Å². The highest BCUT2D eigenvalue weighted by Gasteiger charge is 2.24. The van der Waals surface area contributed by atoms with Crippen LogP contribution in [0.2, 0.25) is 0 Å². The Morgan fingerprint density at radius 2 is 2.12 bits per heavy atom. The van der Waals surface area contributed by atoms with E-state index >= 15 is 0 Å². The van der Waals surface area contributed by atoms with Gasteiger partial charge in [-0.15, -0.1) is 0 Å². The predicted octanol–water partition coefficient (Wildman–Crippen LogP) is 2.37. The lowest BCUT2D eigenvalue weighted by atomic mass is 10.1. The van der Waals surface area contributed by atoms with Crippen LogP contribution in [0.1, 0.15) is 23.0 Å². The largest absolute Gasteiger partial charge is 0.493 e. The fourth-order valence-corrected chi connectivity index (χ4v) is 2.26. The second-order valence-corrected chi connectivity index (χ2v) is 5.04. The van der Waals surface area contributed by atoms with E-state index in [-0.39, 0.29) is 22.7 Å². The van der Waals surface area contributed by atoms with E-state index < -0.39 is 10.8 Å². The second kappa shape index (κ2) is 8.62. The van der Waals surface area contributed by atoms with Crippen molar-refractivity contribution in [3.8, 4) is 11.5 Å². The zero-order valence-electron chi connectivity index (χ0n) is 14.0. The van der Waals surface area contributed by atoms with Crippen LogP contribution in [0.15, 0.2) is 36.5 Å². The highest BCUT2D eigenvalue weighted by atomic mass is 16.6. The van der Waals surface area contributed by atoms with Gasteiger partial charge in [0.25, 0.3) is 11.6 Å². The zero-order valence-corrected chi connectivity index (χ0v) is 14.0. The fraction of sp³-hybridized carbons (Fsp3) is 0.294. The number of nitro benzene ring substituents is 1. The average Bonchev–Trinajstić information content (AvgIpc) is 2.62. The molecule has 25 heavy (non-hydrogen) atoms. The molecule has 0 aliphatic rings. The zero-order chi connectivity index (χ0) is 18.2. The lowest BCUT2D eigenvalue weighted by molar-refractivity contribution is -0.385. The van der Waals surface area contributed by atoms with Gasteiger partial charge < -0.3 is 14.8 Å². The number of nitrogens with one attached hydrogen (secondary N) is 1.